The summed E-state index contributed by atoms with van der Waals surface area (Å²) in [6.07, 6.45) is 0.260. The number of thiazole rings is 1. The van der Waals surface area contributed by atoms with Gasteiger partial charge >= 0.3 is 0 Å². The first-order chi connectivity index (χ1) is 11.5. The summed E-state index contributed by atoms with van der Waals surface area (Å²) in [5, 5.41) is 5.75. The number of benzene rings is 1. The largest absolute Gasteiger partial charge is 0.349 e. The monoisotopic (exact) mass is 343 g/mol. The van der Waals surface area contributed by atoms with Crippen LogP contribution in [0.25, 0.3) is 0 Å². The lowest BCUT2D eigenvalue weighted by molar-refractivity contribution is -0.126. The Morgan fingerprint density at radius 2 is 2.17 bits per heavy atom. The lowest BCUT2D eigenvalue weighted by Crippen LogP contribution is -2.32. The van der Waals surface area contributed by atoms with Crippen LogP contribution in [-0.2, 0) is 16.1 Å². The predicted molar refractivity (Wildman–Crippen MR) is 95.1 cm³/mol. The van der Waals surface area contributed by atoms with E-state index >= 15 is 0 Å². The molecule has 1 fully saturated rings. The number of nitrogens with one attached hydrogen (secondary N) is 1. The van der Waals surface area contributed by atoms with Gasteiger partial charge in [0, 0.05) is 29.7 Å². The van der Waals surface area contributed by atoms with Gasteiger partial charge in [-0.2, -0.15) is 0 Å². The van der Waals surface area contributed by atoms with Crippen LogP contribution < -0.4 is 10.2 Å². The lowest BCUT2D eigenvalue weighted by Gasteiger charge is -2.20. The number of anilines is 1. The molecule has 2 amide bonds. The maximum absolute atomic E-state index is 12.4. The van der Waals surface area contributed by atoms with Crippen LogP contribution in [0.15, 0.2) is 23.6 Å². The van der Waals surface area contributed by atoms with E-state index in [0.29, 0.717) is 13.1 Å². The zero-order valence-corrected chi connectivity index (χ0v) is 14.9. The fourth-order valence-electron chi connectivity index (χ4n) is 2.94. The third-order valence-corrected chi connectivity index (χ3v) is 5.41. The molecule has 126 valence electrons. The van der Waals surface area contributed by atoms with Gasteiger partial charge < -0.3 is 10.2 Å². The van der Waals surface area contributed by atoms with Gasteiger partial charge in [0.25, 0.3) is 0 Å². The van der Waals surface area contributed by atoms with Crippen LogP contribution in [0.4, 0.5) is 5.69 Å². The third kappa shape index (κ3) is 3.33. The zero-order valence-electron chi connectivity index (χ0n) is 14.1. The van der Waals surface area contributed by atoms with Crippen molar-refractivity contribution >= 4 is 28.8 Å². The summed E-state index contributed by atoms with van der Waals surface area (Å²) >= 11 is 1.53. The molecule has 0 radical (unpaired) electrons. The molecule has 1 aliphatic rings. The maximum Gasteiger partial charge on any atom is 0.227 e. The van der Waals surface area contributed by atoms with Crippen LogP contribution in [0, 0.1) is 26.7 Å². The highest BCUT2D eigenvalue weighted by molar-refractivity contribution is 7.09. The minimum Gasteiger partial charge on any atom is -0.349 e. The zero-order chi connectivity index (χ0) is 17.3. The average molecular weight is 343 g/mol. The Morgan fingerprint density at radius 1 is 1.38 bits per heavy atom. The van der Waals surface area contributed by atoms with E-state index in [1.54, 1.807) is 4.90 Å². The molecule has 5 nitrogen and oxygen atoms in total. The van der Waals surface area contributed by atoms with Gasteiger partial charge in [-0.1, -0.05) is 12.1 Å². The molecule has 1 aromatic carbocycles. The average Bonchev–Trinajstić information content (AvgIpc) is 3.14. The molecule has 24 heavy (non-hydrogen) atoms. The molecule has 0 bridgehead atoms. The fraction of sp³-hybridized carbons (Fsp3) is 0.389. The van der Waals surface area contributed by atoms with E-state index in [2.05, 4.69) is 10.3 Å². The lowest BCUT2D eigenvalue weighted by atomic mass is 10.1. The summed E-state index contributed by atoms with van der Waals surface area (Å²) < 4.78 is 0. The van der Waals surface area contributed by atoms with E-state index in [0.717, 1.165) is 27.5 Å². The summed E-state index contributed by atoms with van der Waals surface area (Å²) in [6.45, 7) is 6.83. The van der Waals surface area contributed by atoms with Gasteiger partial charge in [-0.15, -0.1) is 11.3 Å². The number of rotatable bonds is 4. The van der Waals surface area contributed by atoms with Gasteiger partial charge in [-0.25, -0.2) is 4.98 Å². The van der Waals surface area contributed by atoms with Crippen molar-refractivity contribution in [2.24, 2.45) is 5.92 Å². The van der Waals surface area contributed by atoms with Crippen LogP contribution >= 0.6 is 11.3 Å². The minimum absolute atomic E-state index is 0.00828. The fourth-order valence-corrected chi connectivity index (χ4v) is 3.65. The Labute approximate surface area is 145 Å². The number of hydrogen-bond donors (Lipinski definition) is 1. The van der Waals surface area contributed by atoms with Crippen molar-refractivity contribution < 1.29 is 9.59 Å². The molecule has 2 heterocycles. The summed E-state index contributed by atoms with van der Waals surface area (Å²) in [7, 11) is 0. The Bertz CT molecular complexity index is 784. The van der Waals surface area contributed by atoms with E-state index in [-0.39, 0.29) is 24.2 Å². The number of nitrogens with zero attached hydrogens (tertiary/aromatic N) is 2. The highest BCUT2D eigenvalue weighted by Gasteiger charge is 2.35. The first-order valence-corrected chi connectivity index (χ1v) is 8.89. The molecular formula is C18H21N3O2S. The number of aryl methyl sites for hydroxylation is 2. The Balaban J connectivity index is 1.65. The van der Waals surface area contributed by atoms with E-state index in [1.165, 1.54) is 11.3 Å². The molecule has 1 N–H and O–H groups in total. The van der Waals surface area contributed by atoms with E-state index in [1.807, 2.05) is 44.4 Å². The summed E-state index contributed by atoms with van der Waals surface area (Å²) in [6, 6.07) is 5.92. The van der Waals surface area contributed by atoms with Crippen LogP contribution in [0.1, 0.15) is 28.2 Å². The number of amides is 2. The van der Waals surface area contributed by atoms with Crippen molar-refractivity contribution in [2.45, 2.75) is 33.7 Å². The first kappa shape index (κ1) is 16.6. The molecule has 0 aliphatic carbocycles. The highest BCUT2D eigenvalue weighted by Crippen LogP contribution is 2.29. The number of aromatic nitrogens is 1. The molecule has 6 heteroatoms. The molecule has 0 spiro atoms. The molecular weight excluding hydrogens is 322 g/mol. The van der Waals surface area contributed by atoms with Crippen LogP contribution in [0.2, 0.25) is 0 Å². The van der Waals surface area contributed by atoms with Crippen molar-refractivity contribution in [2.75, 3.05) is 11.4 Å². The number of hydrogen-bond acceptors (Lipinski definition) is 4. The van der Waals surface area contributed by atoms with Gasteiger partial charge in [-0.3, -0.25) is 9.59 Å². The standard InChI is InChI=1S/C18H21N3O2S/c1-11-5-4-6-15(13(11)3)21-9-14(7-17(21)22)18(23)19-8-16-20-12(2)10-24-16/h4-6,10,14H,7-9H2,1-3H3,(H,19,23)/t14-/m0/s1. The van der Waals surface area contributed by atoms with Gasteiger partial charge in [0.2, 0.25) is 11.8 Å². The molecule has 2 aromatic rings. The van der Waals surface area contributed by atoms with Crippen LogP contribution in [0.5, 0.6) is 0 Å². The Morgan fingerprint density at radius 3 is 2.88 bits per heavy atom. The van der Waals surface area contributed by atoms with E-state index in [4.69, 9.17) is 0 Å². The topological polar surface area (TPSA) is 62.3 Å². The second kappa shape index (κ2) is 6.73. The highest BCUT2D eigenvalue weighted by atomic mass is 32.1. The van der Waals surface area contributed by atoms with Crippen molar-refractivity contribution in [3.8, 4) is 0 Å². The van der Waals surface area contributed by atoms with Crippen molar-refractivity contribution in [1.82, 2.24) is 10.3 Å². The molecule has 1 atom stereocenters. The van der Waals surface area contributed by atoms with Gasteiger partial charge in [-0.05, 0) is 38.0 Å². The predicted octanol–water partition coefficient (Wildman–Crippen LogP) is 2.74. The normalized spacial score (nSPS) is 17.4. The second-order valence-corrected chi connectivity index (χ2v) is 7.17. The Kier molecular flexibility index (Phi) is 4.66. The van der Waals surface area contributed by atoms with Gasteiger partial charge in [0.05, 0.1) is 12.5 Å². The Hall–Kier alpha value is -2.21. The summed E-state index contributed by atoms with van der Waals surface area (Å²) in [4.78, 5) is 30.8. The SMILES string of the molecule is Cc1csc(CNC(=O)[C@H]2CC(=O)N(c3cccc(C)c3C)C2)n1. The number of carbonyl (C=O) groups is 2. The molecule has 0 unspecified atom stereocenters. The quantitative estimate of drug-likeness (QED) is 0.928. The summed E-state index contributed by atoms with van der Waals surface area (Å²) in [5.41, 5.74) is 4.10. The van der Waals surface area contributed by atoms with E-state index < -0.39 is 0 Å². The molecule has 0 saturated carbocycles. The smallest absolute Gasteiger partial charge is 0.227 e. The molecule has 1 saturated heterocycles. The van der Waals surface area contributed by atoms with Gasteiger partial charge in [0.15, 0.2) is 0 Å². The maximum atomic E-state index is 12.4. The summed E-state index contributed by atoms with van der Waals surface area (Å²) in [5.74, 6) is -0.378. The van der Waals surface area contributed by atoms with Crippen molar-refractivity contribution in [1.29, 1.82) is 0 Å². The van der Waals surface area contributed by atoms with Crippen molar-refractivity contribution in [3.63, 3.8) is 0 Å². The number of carbonyl (C=O) groups excluding carboxylic acids is 2. The van der Waals surface area contributed by atoms with Crippen molar-refractivity contribution in [3.05, 3.63) is 45.4 Å². The molecule has 1 aliphatic heterocycles. The van der Waals surface area contributed by atoms with Crippen LogP contribution in [-0.4, -0.2) is 23.3 Å². The van der Waals surface area contributed by atoms with E-state index in [9.17, 15) is 9.59 Å². The minimum atomic E-state index is -0.307. The van der Waals surface area contributed by atoms with Gasteiger partial charge in [0.1, 0.15) is 5.01 Å². The first-order valence-electron chi connectivity index (χ1n) is 8.01. The molecule has 1 aromatic heterocycles. The van der Waals surface area contributed by atoms with Crippen LogP contribution in [0.3, 0.4) is 0 Å². The molecule has 3 rings (SSSR count). The third-order valence-electron chi connectivity index (χ3n) is 4.44. The second-order valence-electron chi connectivity index (χ2n) is 6.22.